The minimum atomic E-state index is -1.17. The van der Waals surface area contributed by atoms with Crippen molar-refractivity contribution in [2.45, 2.75) is 6.92 Å². The first kappa shape index (κ1) is 17.8. The van der Waals surface area contributed by atoms with E-state index in [-0.39, 0.29) is 11.3 Å². The quantitative estimate of drug-likeness (QED) is 0.424. The van der Waals surface area contributed by atoms with Crippen LogP contribution in [0.1, 0.15) is 17.3 Å². The molecule has 0 spiro atoms. The van der Waals surface area contributed by atoms with E-state index in [1.165, 1.54) is 19.1 Å². The minimum Gasteiger partial charge on any atom is -0.492 e. The Morgan fingerprint density at radius 1 is 1.17 bits per heavy atom. The van der Waals surface area contributed by atoms with Gasteiger partial charge in [-0.3, -0.25) is 4.79 Å². The van der Waals surface area contributed by atoms with Crippen molar-refractivity contribution in [3.63, 3.8) is 0 Å². The molecule has 0 aromatic heterocycles. The van der Waals surface area contributed by atoms with Gasteiger partial charge in [-0.2, -0.15) is 0 Å². The van der Waals surface area contributed by atoms with Gasteiger partial charge in [-0.05, 0) is 42.5 Å². The number of nitrogens with one attached hydrogen (secondary N) is 1. The fourth-order valence-electron chi connectivity index (χ4n) is 1.95. The van der Waals surface area contributed by atoms with Gasteiger partial charge in [0.25, 0.3) is 0 Å². The number of halogens is 1. The van der Waals surface area contributed by atoms with Gasteiger partial charge in [-0.15, -0.1) is 0 Å². The zero-order valence-electron chi connectivity index (χ0n) is 12.9. The van der Waals surface area contributed by atoms with Crippen molar-refractivity contribution < 1.29 is 24.2 Å². The molecule has 2 aromatic rings. The highest BCUT2D eigenvalue weighted by atomic mass is 79.9. The van der Waals surface area contributed by atoms with Crippen molar-refractivity contribution >= 4 is 33.6 Å². The lowest BCUT2D eigenvalue weighted by Crippen LogP contribution is -2.13. The molecule has 0 unspecified atom stereocenters. The number of esters is 1. The maximum atomic E-state index is 11.3. The second-order valence-corrected chi connectivity index (χ2v) is 5.75. The second kappa shape index (κ2) is 8.35. The fourth-order valence-corrected chi connectivity index (χ4v) is 2.21. The van der Waals surface area contributed by atoms with Crippen LogP contribution in [0.5, 0.6) is 11.5 Å². The number of anilines is 1. The monoisotopic (exact) mass is 393 g/mol. The standard InChI is InChI=1S/C17H16BrNO5/c1-11(20)24-16-7-4-13(10-15(16)17(21)22)19-8-9-23-14-5-2-12(18)3-6-14/h2-7,10,19H,8-9H2,1H3,(H,21,22). The second-order valence-electron chi connectivity index (χ2n) is 4.84. The number of carbonyl (C=O) groups excluding carboxylic acids is 1. The van der Waals surface area contributed by atoms with Gasteiger partial charge < -0.3 is 19.9 Å². The molecule has 0 aliphatic rings. The van der Waals surface area contributed by atoms with Crippen molar-refractivity contribution in [3.05, 3.63) is 52.5 Å². The van der Waals surface area contributed by atoms with Crippen molar-refractivity contribution in [3.8, 4) is 11.5 Å². The molecule has 0 aliphatic heterocycles. The van der Waals surface area contributed by atoms with Gasteiger partial charge in [0.05, 0.1) is 0 Å². The minimum absolute atomic E-state index is 0.0201. The first-order chi connectivity index (χ1) is 11.5. The molecule has 0 aliphatic carbocycles. The first-order valence-corrected chi connectivity index (χ1v) is 7.93. The third kappa shape index (κ3) is 5.27. The van der Waals surface area contributed by atoms with E-state index in [9.17, 15) is 14.7 Å². The summed E-state index contributed by atoms with van der Waals surface area (Å²) in [6.07, 6.45) is 0. The zero-order chi connectivity index (χ0) is 17.5. The van der Waals surface area contributed by atoms with Crippen molar-refractivity contribution in [2.24, 2.45) is 0 Å². The summed E-state index contributed by atoms with van der Waals surface area (Å²) in [5.74, 6) is -0.967. The number of hydrogen-bond acceptors (Lipinski definition) is 5. The maximum absolute atomic E-state index is 11.3. The predicted octanol–water partition coefficient (Wildman–Crippen LogP) is 3.56. The number of benzene rings is 2. The highest BCUT2D eigenvalue weighted by molar-refractivity contribution is 9.10. The molecule has 0 atom stereocenters. The molecule has 2 aromatic carbocycles. The van der Waals surface area contributed by atoms with Crippen LogP contribution in [-0.2, 0) is 4.79 Å². The third-order valence-electron chi connectivity index (χ3n) is 2.98. The van der Waals surface area contributed by atoms with Gasteiger partial charge in [0.1, 0.15) is 23.7 Å². The fraction of sp³-hybridized carbons (Fsp3) is 0.176. The molecular weight excluding hydrogens is 378 g/mol. The van der Waals surface area contributed by atoms with Gasteiger partial charge in [-0.1, -0.05) is 15.9 Å². The summed E-state index contributed by atoms with van der Waals surface area (Å²) < 4.78 is 11.4. The summed E-state index contributed by atoms with van der Waals surface area (Å²) >= 11 is 3.35. The van der Waals surface area contributed by atoms with Gasteiger partial charge >= 0.3 is 11.9 Å². The summed E-state index contributed by atoms with van der Waals surface area (Å²) in [6, 6.07) is 12.0. The lowest BCUT2D eigenvalue weighted by atomic mass is 10.1. The SMILES string of the molecule is CC(=O)Oc1ccc(NCCOc2ccc(Br)cc2)cc1C(=O)O. The Bertz CT molecular complexity index is 730. The number of aromatic carboxylic acids is 1. The van der Waals surface area contributed by atoms with Crippen LogP contribution < -0.4 is 14.8 Å². The molecule has 7 heteroatoms. The van der Waals surface area contributed by atoms with Gasteiger partial charge in [0.2, 0.25) is 0 Å². The molecule has 126 valence electrons. The lowest BCUT2D eigenvalue weighted by molar-refractivity contribution is -0.131. The molecular formula is C17H16BrNO5. The topological polar surface area (TPSA) is 84.9 Å². The Kier molecular flexibility index (Phi) is 6.20. The summed E-state index contributed by atoms with van der Waals surface area (Å²) in [4.78, 5) is 22.2. The van der Waals surface area contributed by atoms with Crippen LogP contribution in [0.25, 0.3) is 0 Å². The van der Waals surface area contributed by atoms with E-state index < -0.39 is 11.9 Å². The number of carbonyl (C=O) groups is 2. The van der Waals surface area contributed by atoms with Crippen LogP contribution in [0.2, 0.25) is 0 Å². The number of hydrogen-bond donors (Lipinski definition) is 2. The van der Waals surface area contributed by atoms with E-state index in [0.29, 0.717) is 18.8 Å². The van der Waals surface area contributed by atoms with Crippen molar-refractivity contribution in [1.82, 2.24) is 0 Å². The van der Waals surface area contributed by atoms with E-state index >= 15 is 0 Å². The first-order valence-electron chi connectivity index (χ1n) is 7.13. The van der Waals surface area contributed by atoms with Gasteiger partial charge in [-0.25, -0.2) is 4.79 Å². The molecule has 0 bridgehead atoms. The van der Waals surface area contributed by atoms with E-state index in [1.54, 1.807) is 6.07 Å². The van der Waals surface area contributed by atoms with Crippen molar-refractivity contribution in [1.29, 1.82) is 0 Å². The highest BCUT2D eigenvalue weighted by Crippen LogP contribution is 2.23. The van der Waals surface area contributed by atoms with E-state index in [1.807, 2.05) is 24.3 Å². The molecule has 0 fully saturated rings. The Labute approximate surface area is 147 Å². The Balaban J connectivity index is 1.92. The predicted molar refractivity (Wildman–Crippen MR) is 92.8 cm³/mol. The number of ether oxygens (including phenoxy) is 2. The molecule has 0 heterocycles. The average molecular weight is 394 g/mol. The Hall–Kier alpha value is -2.54. The number of carboxylic acids is 1. The van der Waals surface area contributed by atoms with E-state index in [0.717, 1.165) is 10.2 Å². The maximum Gasteiger partial charge on any atom is 0.339 e. The molecule has 0 radical (unpaired) electrons. The molecule has 24 heavy (non-hydrogen) atoms. The normalized spacial score (nSPS) is 10.1. The van der Waals surface area contributed by atoms with Crippen LogP contribution in [-0.4, -0.2) is 30.2 Å². The molecule has 2 N–H and O–H groups in total. The summed E-state index contributed by atoms with van der Waals surface area (Å²) in [6.45, 7) is 2.12. The average Bonchev–Trinajstić information content (AvgIpc) is 2.53. The van der Waals surface area contributed by atoms with E-state index in [4.69, 9.17) is 9.47 Å². The van der Waals surface area contributed by atoms with Gasteiger partial charge in [0, 0.05) is 23.6 Å². The van der Waals surface area contributed by atoms with E-state index in [2.05, 4.69) is 21.2 Å². The highest BCUT2D eigenvalue weighted by Gasteiger charge is 2.13. The molecule has 0 saturated heterocycles. The van der Waals surface area contributed by atoms with Gasteiger partial charge in [0.15, 0.2) is 0 Å². The van der Waals surface area contributed by atoms with Crippen LogP contribution in [0.4, 0.5) is 5.69 Å². The van der Waals surface area contributed by atoms with Crippen LogP contribution in [0, 0.1) is 0 Å². The van der Waals surface area contributed by atoms with Crippen LogP contribution >= 0.6 is 15.9 Å². The molecule has 6 nitrogen and oxygen atoms in total. The Morgan fingerprint density at radius 2 is 1.88 bits per heavy atom. The zero-order valence-corrected chi connectivity index (χ0v) is 14.5. The summed E-state index contributed by atoms with van der Waals surface area (Å²) in [5, 5.41) is 12.3. The molecule has 0 amide bonds. The number of rotatable bonds is 7. The summed E-state index contributed by atoms with van der Waals surface area (Å²) in [7, 11) is 0. The molecule has 2 rings (SSSR count). The number of carboxylic acid groups (broad SMARTS) is 1. The summed E-state index contributed by atoms with van der Waals surface area (Å²) in [5.41, 5.74) is 0.520. The van der Waals surface area contributed by atoms with Crippen LogP contribution in [0.3, 0.4) is 0 Å². The smallest absolute Gasteiger partial charge is 0.339 e. The lowest BCUT2D eigenvalue weighted by Gasteiger charge is -2.11. The largest absolute Gasteiger partial charge is 0.492 e. The molecule has 0 saturated carbocycles. The van der Waals surface area contributed by atoms with Crippen LogP contribution in [0.15, 0.2) is 46.9 Å². The van der Waals surface area contributed by atoms with Crippen molar-refractivity contribution in [2.75, 3.05) is 18.5 Å². The Morgan fingerprint density at radius 3 is 2.50 bits per heavy atom. The third-order valence-corrected chi connectivity index (χ3v) is 3.51.